The molecule has 146 valence electrons. The number of morpholine rings is 1. The van der Waals surface area contributed by atoms with Gasteiger partial charge in [0.05, 0.1) is 30.6 Å². The third kappa shape index (κ3) is 4.50. The van der Waals surface area contributed by atoms with Gasteiger partial charge in [0.2, 0.25) is 0 Å². The fourth-order valence-corrected chi connectivity index (χ4v) is 4.25. The largest absolute Gasteiger partial charge is 0.379 e. The van der Waals surface area contributed by atoms with Crippen LogP contribution in [0, 0.1) is 0 Å². The number of amides is 1. The number of nitrogens with one attached hydrogen (secondary N) is 1. The van der Waals surface area contributed by atoms with Crippen LogP contribution in [0.3, 0.4) is 0 Å². The Kier molecular flexibility index (Phi) is 6.04. The lowest BCUT2D eigenvalue weighted by Crippen LogP contribution is -2.41. The van der Waals surface area contributed by atoms with E-state index < -0.39 is 0 Å². The minimum absolute atomic E-state index is 0.0193. The Bertz CT molecular complexity index is 759. The standard InChI is InChI=1S/C21H30N4O2/c26-21(22-9-10-24-11-13-27-14-12-24)17-7-8-20-19(15-17)23-16-25(20)18-5-3-1-2-4-6-18/h7-8,15-16,18H,1-6,9-14H2,(H,22,26). The van der Waals surface area contributed by atoms with E-state index >= 15 is 0 Å². The van der Waals surface area contributed by atoms with Crippen LogP contribution in [0.15, 0.2) is 24.5 Å². The predicted molar refractivity (Wildman–Crippen MR) is 106 cm³/mol. The lowest BCUT2D eigenvalue weighted by molar-refractivity contribution is 0.0383. The Morgan fingerprint density at radius 2 is 1.93 bits per heavy atom. The van der Waals surface area contributed by atoms with Gasteiger partial charge >= 0.3 is 0 Å². The molecule has 2 heterocycles. The smallest absolute Gasteiger partial charge is 0.251 e. The first kappa shape index (κ1) is 18.4. The van der Waals surface area contributed by atoms with Crippen molar-refractivity contribution in [1.82, 2.24) is 19.8 Å². The second-order valence-electron chi connectivity index (χ2n) is 7.71. The number of hydrogen-bond donors (Lipinski definition) is 1. The Morgan fingerprint density at radius 3 is 2.70 bits per heavy atom. The first-order valence-corrected chi connectivity index (χ1v) is 10.4. The van der Waals surface area contributed by atoms with E-state index in [-0.39, 0.29) is 5.91 Å². The van der Waals surface area contributed by atoms with Gasteiger partial charge in [-0.1, -0.05) is 25.7 Å². The van der Waals surface area contributed by atoms with Gasteiger partial charge in [-0.05, 0) is 31.0 Å². The Morgan fingerprint density at radius 1 is 1.15 bits per heavy atom. The molecule has 1 saturated heterocycles. The van der Waals surface area contributed by atoms with Crippen molar-refractivity contribution < 1.29 is 9.53 Å². The van der Waals surface area contributed by atoms with Crippen LogP contribution in [0.4, 0.5) is 0 Å². The molecule has 1 amide bonds. The van der Waals surface area contributed by atoms with Crippen molar-refractivity contribution in [3.8, 4) is 0 Å². The molecule has 0 bridgehead atoms. The minimum Gasteiger partial charge on any atom is -0.379 e. The van der Waals surface area contributed by atoms with Crippen molar-refractivity contribution in [3.63, 3.8) is 0 Å². The molecule has 0 radical (unpaired) electrons. The van der Waals surface area contributed by atoms with Gasteiger partial charge in [-0.25, -0.2) is 4.98 Å². The molecule has 1 aliphatic carbocycles. The summed E-state index contributed by atoms with van der Waals surface area (Å²) in [6.45, 7) is 4.99. The van der Waals surface area contributed by atoms with Gasteiger partial charge < -0.3 is 14.6 Å². The van der Waals surface area contributed by atoms with Crippen molar-refractivity contribution in [2.45, 2.75) is 44.6 Å². The zero-order chi connectivity index (χ0) is 18.5. The average Bonchev–Trinajstić information content (AvgIpc) is 2.93. The molecule has 6 heteroatoms. The highest BCUT2D eigenvalue weighted by molar-refractivity contribution is 5.97. The molecule has 2 fully saturated rings. The van der Waals surface area contributed by atoms with Crippen molar-refractivity contribution in [2.75, 3.05) is 39.4 Å². The van der Waals surface area contributed by atoms with Crippen LogP contribution >= 0.6 is 0 Å². The highest BCUT2D eigenvalue weighted by atomic mass is 16.5. The number of aromatic nitrogens is 2. The fraction of sp³-hybridized carbons (Fsp3) is 0.619. The van der Waals surface area contributed by atoms with Gasteiger partial charge in [0.1, 0.15) is 0 Å². The predicted octanol–water partition coefficient (Wildman–Crippen LogP) is 2.99. The van der Waals surface area contributed by atoms with Crippen LogP contribution in [-0.4, -0.2) is 59.8 Å². The quantitative estimate of drug-likeness (QED) is 0.822. The molecule has 1 aliphatic heterocycles. The van der Waals surface area contributed by atoms with Crippen LogP contribution in [0.25, 0.3) is 11.0 Å². The van der Waals surface area contributed by atoms with Gasteiger partial charge in [0.25, 0.3) is 5.91 Å². The molecular weight excluding hydrogens is 340 g/mol. The monoisotopic (exact) mass is 370 g/mol. The first-order valence-electron chi connectivity index (χ1n) is 10.4. The second-order valence-corrected chi connectivity index (χ2v) is 7.71. The molecule has 6 nitrogen and oxygen atoms in total. The van der Waals surface area contributed by atoms with Crippen molar-refractivity contribution in [3.05, 3.63) is 30.1 Å². The lowest BCUT2D eigenvalue weighted by Gasteiger charge is -2.26. The molecule has 1 N–H and O–H groups in total. The highest BCUT2D eigenvalue weighted by Gasteiger charge is 2.17. The Balaban J connectivity index is 1.38. The number of ether oxygens (including phenoxy) is 1. The third-order valence-corrected chi connectivity index (χ3v) is 5.87. The summed E-state index contributed by atoms with van der Waals surface area (Å²) in [5.41, 5.74) is 2.75. The number of rotatable bonds is 5. The van der Waals surface area contributed by atoms with Crippen molar-refractivity contribution in [2.24, 2.45) is 0 Å². The maximum absolute atomic E-state index is 12.5. The third-order valence-electron chi connectivity index (χ3n) is 5.87. The number of carbonyl (C=O) groups excluding carboxylic acids is 1. The Labute approximate surface area is 160 Å². The van der Waals surface area contributed by atoms with E-state index in [4.69, 9.17) is 4.74 Å². The van der Waals surface area contributed by atoms with E-state index in [1.165, 1.54) is 38.5 Å². The summed E-state index contributed by atoms with van der Waals surface area (Å²) in [4.78, 5) is 19.4. The van der Waals surface area contributed by atoms with Gasteiger partial charge in [0, 0.05) is 37.8 Å². The topological polar surface area (TPSA) is 59.4 Å². The maximum Gasteiger partial charge on any atom is 0.251 e. The first-order chi connectivity index (χ1) is 13.3. The number of nitrogens with zero attached hydrogens (tertiary/aromatic N) is 3. The summed E-state index contributed by atoms with van der Waals surface area (Å²) in [5.74, 6) is -0.0193. The summed E-state index contributed by atoms with van der Waals surface area (Å²) in [6.07, 6.45) is 9.71. The normalized spacial score (nSPS) is 19.9. The fourth-order valence-electron chi connectivity index (χ4n) is 4.25. The van der Waals surface area contributed by atoms with Gasteiger partial charge in [0.15, 0.2) is 0 Å². The number of benzene rings is 1. The molecule has 0 atom stereocenters. The van der Waals surface area contributed by atoms with Gasteiger partial charge in [-0.2, -0.15) is 0 Å². The molecule has 0 spiro atoms. The molecule has 2 aliphatic rings. The molecule has 1 saturated carbocycles. The maximum atomic E-state index is 12.5. The molecule has 2 aromatic rings. The number of carbonyl (C=O) groups is 1. The zero-order valence-corrected chi connectivity index (χ0v) is 16.0. The molecule has 1 aromatic heterocycles. The zero-order valence-electron chi connectivity index (χ0n) is 16.0. The van der Waals surface area contributed by atoms with E-state index in [1.807, 2.05) is 18.5 Å². The SMILES string of the molecule is O=C(NCCN1CCOCC1)c1ccc2c(c1)ncn2C1CCCCCC1. The van der Waals surface area contributed by atoms with E-state index in [0.717, 1.165) is 43.9 Å². The number of fused-ring (bicyclic) bond motifs is 1. The summed E-state index contributed by atoms with van der Waals surface area (Å²) in [7, 11) is 0. The molecule has 1 aromatic carbocycles. The van der Waals surface area contributed by atoms with Gasteiger partial charge in [-0.3, -0.25) is 9.69 Å². The van der Waals surface area contributed by atoms with Crippen LogP contribution in [-0.2, 0) is 4.74 Å². The minimum atomic E-state index is -0.0193. The van der Waals surface area contributed by atoms with Crippen LogP contribution in [0.2, 0.25) is 0 Å². The summed E-state index contributed by atoms with van der Waals surface area (Å²) in [6, 6.07) is 6.46. The summed E-state index contributed by atoms with van der Waals surface area (Å²) in [5, 5.41) is 3.03. The number of imidazole rings is 1. The summed E-state index contributed by atoms with van der Waals surface area (Å²) < 4.78 is 7.67. The summed E-state index contributed by atoms with van der Waals surface area (Å²) >= 11 is 0. The van der Waals surface area contributed by atoms with Crippen molar-refractivity contribution >= 4 is 16.9 Å². The van der Waals surface area contributed by atoms with E-state index in [2.05, 4.69) is 25.8 Å². The van der Waals surface area contributed by atoms with Crippen LogP contribution < -0.4 is 5.32 Å². The molecule has 27 heavy (non-hydrogen) atoms. The molecule has 4 rings (SSSR count). The van der Waals surface area contributed by atoms with Crippen LogP contribution in [0.1, 0.15) is 54.9 Å². The van der Waals surface area contributed by atoms with Crippen LogP contribution in [0.5, 0.6) is 0 Å². The van der Waals surface area contributed by atoms with E-state index in [1.54, 1.807) is 0 Å². The van der Waals surface area contributed by atoms with E-state index in [0.29, 0.717) is 18.2 Å². The number of hydrogen-bond acceptors (Lipinski definition) is 4. The van der Waals surface area contributed by atoms with E-state index in [9.17, 15) is 4.79 Å². The molecular formula is C21H30N4O2. The van der Waals surface area contributed by atoms with Crippen molar-refractivity contribution in [1.29, 1.82) is 0 Å². The average molecular weight is 370 g/mol. The Hall–Kier alpha value is -1.92. The highest BCUT2D eigenvalue weighted by Crippen LogP contribution is 2.30. The lowest BCUT2D eigenvalue weighted by atomic mass is 10.1. The molecule has 0 unspecified atom stereocenters. The van der Waals surface area contributed by atoms with Gasteiger partial charge in [-0.15, -0.1) is 0 Å². The second kappa shape index (κ2) is 8.85.